The van der Waals surface area contributed by atoms with Crippen LogP contribution >= 0.6 is 11.6 Å². The third-order valence-electron chi connectivity index (χ3n) is 3.36. The fourth-order valence-electron chi connectivity index (χ4n) is 2.22. The molecule has 2 nitrogen and oxygen atoms in total. The molecular formula is C13H17ClFNO. The molecule has 1 aromatic rings. The van der Waals surface area contributed by atoms with Gasteiger partial charge in [-0.15, -0.1) is 0 Å². The molecule has 1 aliphatic heterocycles. The van der Waals surface area contributed by atoms with E-state index in [1.807, 2.05) is 0 Å². The van der Waals surface area contributed by atoms with E-state index >= 15 is 0 Å². The number of nitrogens with zero attached hydrogens (tertiary/aromatic N) is 1. The average Bonchev–Trinajstić information content (AvgIpc) is 2.35. The van der Waals surface area contributed by atoms with Crippen LogP contribution in [0.15, 0.2) is 18.2 Å². The first-order chi connectivity index (χ1) is 8.19. The van der Waals surface area contributed by atoms with Crippen LogP contribution in [0.1, 0.15) is 18.4 Å². The summed E-state index contributed by atoms with van der Waals surface area (Å²) in [6.07, 6.45) is 2.07. The van der Waals surface area contributed by atoms with Crippen LogP contribution in [0.4, 0.5) is 4.39 Å². The molecule has 0 aliphatic carbocycles. The van der Waals surface area contributed by atoms with Gasteiger partial charge in [-0.25, -0.2) is 4.39 Å². The van der Waals surface area contributed by atoms with Crippen molar-refractivity contribution in [3.63, 3.8) is 0 Å². The molecule has 2 rings (SSSR count). The minimum atomic E-state index is -0.366. The van der Waals surface area contributed by atoms with E-state index in [0.717, 1.165) is 38.0 Å². The molecule has 4 heteroatoms. The van der Waals surface area contributed by atoms with Crippen LogP contribution in [0, 0.1) is 11.7 Å². The van der Waals surface area contributed by atoms with Crippen LogP contribution in [-0.4, -0.2) is 29.7 Å². The van der Waals surface area contributed by atoms with E-state index in [2.05, 4.69) is 4.90 Å². The zero-order valence-electron chi connectivity index (χ0n) is 9.70. The van der Waals surface area contributed by atoms with Gasteiger partial charge in [0.2, 0.25) is 0 Å². The van der Waals surface area contributed by atoms with E-state index in [-0.39, 0.29) is 17.4 Å². The first-order valence-corrected chi connectivity index (χ1v) is 6.34. The maximum Gasteiger partial charge on any atom is 0.141 e. The number of aliphatic hydroxyl groups is 1. The number of hydrogen-bond acceptors (Lipinski definition) is 2. The van der Waals surface area contributed by atoms with Crippen LogP contribution in [-0.2, 0) is 6.54 Å². The van der Waals surface area contributed by atoms with Crippen molar-refractivity contribution in [2.24, 2.45) is 5.92 Å². The highest BCUT2D eigenvalue weighted by Crippen LogP contribution is 2.21. The van der Waals surface area contributed by atoms with Crippen molar-refractivity contribution < 1.29 is 9.50 Å². The van der Waals surface area contributed by atoms with Crippen LogP contribution in [0.2, 0.25) is 5.02 Å². The molecule has 94 valence electrons. The number of rotatable bonds is 3. The Bertz CT molecular complexity index is 378. The third kappa shape index (κ3) is 3.41. The standard InChI is InChI=1S/C13H17ClFNO/c14-12-7-11(1-2-13(12)15)8-16-5-3-10(9-17)4-6-16/h1-2,7,10,17H,3-6,8-9H2. The van der Waals surface area contributed by atoms with Crippen molar-refractivity contribution >= 4 is 11.6 Å². The molecular weight excluding hydrogens is 241 g/mol. The Labute approximate surface area is 106 Å². The zero-order chi connectivity index (χ0) is 12.3. The highest BCUT2D eigenvalue weighted by Gasteiger charge is 2.18. The Morgan fingerprint density at radius 1 is 1.35 bits per heavy atom. The van der Waals surface area contributed by atoms with Gasteiger partial charge in [-0.3, -0.25) is 4.90 Å². The first kappa shape index (κ1) is 12.8. The molecule has 1 heterocycles. The summed E-state index contributed by atoms with van der Waals surface area (Å²) in [6.45, 7) is 3.06. The summed E-state index contributed by atoms with van der Waals surface area (Å²) < 4.78 is 13.0. The minimum absolute atomic E-state index is 0.188. The summed E-state index contributed by atoms with van der Waals surface area (Å²) in [5, 5.41) is 9.24. The van der Waals surface area contributed by atoms with E-state index in [0.29, 0.717) is 5.92 Å². The number of hydrogen-bond donors (Lipinski definition) is 1. The maximum atomic E-state index is 13.0. The second-order valence-corrected chi connectivity index (χ2v) is 5.06. The van der Waals surface area contributed by atoms with Crippen molar-refractivity contribution in [1.29, 1.82) is 0 Å². The van der Waals surface area contributed by atoms with Gasteiger partial charge >= 0.3 is 0 Å². The predicted octanol–water partition coefficient (Wildman–Crippen LogP) is 2.68. The number of piperidine rings is 1. The molecule has 17 heavy (non-hydrogen) atoms. The van der Waals surface area contributed by atoms with Gasteiger partial charge in [-0.2, -0.15) is 0 Å². The average molecular weight is 258 g/mol. The molecule has 1 fully saturated rings. The Kier molecular flexibility index (Phi) is 4.37. The fraction of sp³-hybridized carbons (Fsp3) is 0.538. The highest BCUT2D eigenvalue weighted by atomic mass is 35.5. The number of likely N-dealkylation sites (tertiary alicyclic amines) is 1. The largest absolute Gasteiger partial charge is 0.396 e. The summed E-state index contributed by atoms with van der Waals surface area (Å²) in [7, 11) is 0. The summed E-state index contributed by atoms with van der Waals surface area (Å²) in [5.41, 5.74) is 1.04. The minimum Gasteiger partial charge on any atom is -0.396 e. The lowest BCUT2D eigenvalue weighted by molar-refractivity contribution is 0.127. The van der Waals surface area contributed by atoms with Crippen molar-refractivity contribution in [3.05, 3.63) is 34.6 Å². The van der Waals surface area contributed by atoms with Crippen LogP contribution < -0.4 is 0 Å². The summed E-state index contributed by atoms with van der Waals surface area (Å²) >= 11 is 5.75. The molecule has 1 aromatic carbocycles. The summed E-state index contributed by atoms with van der Waals surface area (Å²) in [6, 6.07) is 4.88. The van der Waals surface area contributed by atoms with Crippen LogP contribution in [0.3, 0.4) is 0 Å². The fourth-order valence-corrected chi connectivity index (χ4v) is 2.43. The Morgan fingerprint density at radius 3 is 2.65 bits per heavy atom. The molecule has 1 saturated heterocycles. The molecule has 0 bridgehead atoms. The third-order valence-corrected chi connectivity index (χ3v) is 3.65. The van der Waals surface area contributed by atoms with Gasteiger partial charge in [-0.05, 0) is 49.5 Å². The molecule has 0 amide bonds. The van der Waals surface area contributed by atoms with Crippen molar-refractivity contribution in [2.75, 3.05) is 19.7 Å². The van der Waals surface area contributed by atoms with Crippen molar-refractivity contribution in [2.45, 2.75) is 19.4 Å². The lowest BCUT2D eigenvalue weighted by Gasteiger charge is -2.31. The van der Waals surface area contributed by atoms with Gasteiger partial charge in [0.25, 0.3) is 0 Å². The smallest absolute Gasteiger partial charge is 0.141 e. The normalized spacial score (nSPS) is 18.5. The van der Waals surface area contributed by atoms with E-state index in [1.54, 1.807) is 12.1 Å². The molecule has 0 atom stereocenters. The topological polar surface area (TPSA) is 23.5 Å². The number of halogens is 2. The Hall–Kier alpha value is -0.640. The van der Waals surface area contributed by atoms with Gasteiger partial charge in [0.15, 0.2) is 0 Å². The van der Waals surface area contributed by atoms with Crippen LogP contribution in [0.25, 0.3) is 0 Å². The van der Waals surface area contributed by atoms with E-state index in [9.17, 15) is 4.39 Å². The van der Waals surface area contributed by atoms with E-state index in [4.69, 9.17) is 16.7 Å². The van der Waals surface area contributed by atoms with E-state index in [1.165, 1.54) is 6.07 Å². The molecule has 1 N–H and O–H groups in total. The van der Waals surface area contributed by atoms with Gasteiger partial charge in [0.1, 0.15) is 5.82 Å². The number of aliphatic hydroxyl groups excluding tert-OH is 1. The summed E-state index contributed by atoms with van der Waals surface area (Å²) in [5.74, 6) is 0.0810. The first-order valence-electron chi connectivity index (χ1n) is 5.96. The highest BCUT2D eigenvalue weighted by molar-refractivity contribution is 6.30. The zero-order valence-corrected chi connectivity index (χ0v) is 10.5. The lowest BCUT2D eigenvalue weighted by Crippen LogP contribution is -2.34. The van der Waals surface area contributed by atoms with Crippen LogP contribution in [0.5, 0.6) is 0 Å². The number of benzene rings is 1. The summed E-state index contributed by atoms with van der Waals surface area (Å²) in [4.78, 5) is 2.32. The molecule has 0 spiro atoms. The monoisotopic (exact) mass is 257 g/mol. The molecule has 0 unspecified atom stereocenters. The van der Waals surface area contributed by atoms with Gasteiger partial charge < -0.3 is 5.11 Å². The predicted molar refractivity (Wildman–Crippen MR) is 66.5 cm³/mol. The second-order valence-electron chi connectivity index (χ2n) is 4.65. The maximum absolute atomic E-state index is 13.0. The second kappa shape index (κ2) is 5.80. The quantitative estimate of drug-likeness (QED) is 0.900. The lowest BCUT2D eigenvalue weighted by atomic mass is 9.97. The molecule has 0 saturated carbocycles. The van der Waals surface area contributed by atoms with E-state index < -0.39 is 0 Å². The Morgan fingerprint density at radius 2 is 2.06 bits per heavy atom. The van der Waals surface area contributed by atoms with Gasteiger partial charge in [0.05, 0.1) is 5.02 Å². The SMILES string of the molecule is OCC1CCN(Cc2ccc(F)c(Cl)c2)CC1. The molecule has 0 aromatic heterocycles. The Balaban J connectivity index is 1.91. The van der Waals surface area contributed by atoms with Gasteiger partial charge in [-0.1, -0.05) is 17.7 Å². The molecule has 1 aliphatic rings. The van der Waals surface area contributed by atoms with Gasteiger partial charge in [0, 0.05) is 13.2 Å². The van der Waals surface area contributed by atoms with Crippen molar-refractivity contribution in [3.8, 4) is 0 Å². The van der Waals surface area contributed by atoms with Crippen molar-refractivity contribution in [1.82, 2.24) is 4.90 Å². The molecule has 0 radical (unpaired) electrons.